The largest absolute Gasteiger partial charge is 0.432 e. The molecule has 0 bridgehead atoms. The summed E-state index contributed by atoms with van der Waals surface area (Å²) >= 11 is 0. The van der Waals surface area contributed by atoms with Crippen LogP contribution in [-0.2, 0) is 4.74 Å². The highest BCUT2D eigenvalue weighted by Gasteiger charge is 2.45. The smallest absolute Gasteiger partial charge is 0.400 e. The molecule has 150 valence electrons. The van der Waals surface area contributed by atoms with Gasteiger partial charge in [-0.05, 0) is 80.5 Å². The van der Waals surface area contributed by atoms with Gasteiger partial charge in [0.15, 0.2) is 0 Å². The summed E-state index contributed by atoms with van der Waals surface area (Å²) in [4.78, 5) is 0. The zero-order valence-corrected chi connectivity index (χ0v) is 15.7. The maximum atomic E-state index is 14.5. The fourth-order valence-corrected chi connectivity index (χ4v) is 5.02. The van der Waals surface area contributed by atoms with Crippen LogP contribution in [0.25, 0.3) is 0 Å². The minimum Gasteiger partial charge on any atom is -0.432 e. The predicted molar refractivity (Wildman–Crippen MR) is 97.2 cm³/mol. The molecule has 2 unspecified atom stereocenters. The highest BCUT2D eigenvalue weighted by Crippen LogP contribution is 2.44. The number of benzene rings is 1. The Kier molecular flexibility index (Phi) is 5.68. The van der Waals surface area contributed by atoms with Crippen molar-refractivity contribution in [3.63, 3.8) is 0 Å². The monoisotopic (exact) mass is 382 g/mol. The molecule has 0 radical (unpaired) electrons. The molecule has 0 aromatic heterocycles. The average Bonchev–Trinajstić information content (AvgIpc) is 2.63. The van der Waals surface area contributed by atoms with Crippen LogP contribution in [0.3, 0.4) is 0 Å². The van der Waals surface area contributed by atoms with Crippen LogP contribution in [-0.4, -0.2) is 18.8 Å². The molecule has 0 N–H and O–H groups in total. The molecule has 3 fully saturated rings. The van der Waals surface area contributed by atoms with Crippen molar-refractivity contribution in [2.24, 2.45) is 23.7 Å². The van der Waals surface area contributed by atoms with Crippen molar-refractivity contribution in [2.45, 2.75) is 70.0 Å². The maximum absolute atomic E-state index is 14.5. The molecule has 1 heterocycles. The van der Waals surface area contributed by atoms with Crippen LogP contribution < -0.4 is 4.74 Å². The van der Waals surface area contributed by atoms with Gasteiger partial charge < -0.3 is 9.47 Å². The van der Waals surface area contributed by atoms with Gasteiger partial charge in [0.05, 0.1) is 18.6 Å². The van der Waals surface area contributed by atoms with E-state index in [9.17, 15) is 13.2 Å². The fraction of sp³-hybridized carbons (Fsp3) is 0.727. The second-order valence-electron chi connectivity index (χ2n) is 8.63. The van der Waals surface area contributed by atoms with E-state index in [0.29, 0.717) is 18.8 Å². The summed E-state index contributed by atoms with van der Waals surface area (Å²) in [5.41, 5.74) is 0. The van der Waals surface area contributed by atoms with Gasteiger partial charge in [0, 0.05) is 0 Å². The first-order valence-electron chi connectivity index (χ1n) is 10.5. The van der Waals surface area contributed by atoms with Gasteiger partial charge in [-0.15, -0.1) is 0 Å². The average molecular weight is 382 g/mol. The summed E-state index contributed by atoms with van der Waals surface area (Å²) < 4.78 is 53.0. The lowest BCUT2D eigenvalue weighted by Crippen LogP contribution is -2.41. The SMILES string of the molecule is Fc1ccc(OC(F)(F)C2CCC(C3CCC(C4CCC4)CO3)CC2)cc1. The van der Waals surface area contributed by atoms with Crippen molar-refractivity contribution in [1.29, 1.82) is 0 Å². The number of alkyl halides is 2. The molecule has 3 aliphatic rings. The minimum atomic E-state index is -3.22. The number of rotatable bonds is 5. The lowest BCUT2D eigenvalue weighted by molar-refractivity contribution is -0.225. The topological polar surface area (TPSA) is 18.5 Å². The molecular formula is C22H29F3O2. The molecular weight excluding hydrogens is 353 g/mol. The Morgan fingerprint density at radius 3 is 2.04 bits per heavy atom. The van der Waals surface area contributed by atoms with E-state index in [4.69, 9.17) is 9.47 Å². The van der Waals surface area contributed by atoms with E-state index >= 15 is 0 Å². The minimum absolute atomic E-state index is 0.0150. The third-order valence-corrected chi connectivity index (χ3v) is 7.00. The van der Waals surface area contributed by atoms with Crippen LogP contribution >= 0.6 is 0 Å². The van der Waals surface area contributed by atoms with Crippen molar-refractivity contribution in [2.75, 3.05) is 6.61 Å². The molecule has 0 amide bonds. The van der Waals surface area contributed by atoms with Crippen LogP contribution in [0.15, 0.2) is 24.3 Å². The first kappa shape index (κ1) is 19.1. The maximum Gasteiger partial charge on any atom is 0.400 e. The van der Waals surface area contributed by atoms with Crippen LogP contribution in [0.2, 0.25) is 0 Å². The van der Waals surface area contributed by atoms with Gasteiger partial charge in [0.25, 0.3) is 0 Å². The molecule has 2 saturated carbocycles. The van der Waals surface area contributed by atoms with E-state index in [-0.39, 0.29) is 11.9 Å². The van der Waals surface area contributed by atoms with Gasteiger partial charge >= 0.3 is 6.11 Å². The van der Waals surface area contributed by atoms with Crippen molar-refractivity contribution in [1.82, 2.24) is 0 Å². The number of hydrogen-bond donors (Lipinski definition) is 0. The molecule has 2 aliphatic carbocycles. The van der Waals surface area contributed by atoms with Crippen molar-refractivity contribution in [3.05, 3.63) is 30.1 Å². The molecule has 0 spiro atoms. The summed E-state index contributed by atoms with van der Waals surface area (Å²) in [6.07, 6.45) is 5.85. The van der Waals surface area contributed by atoms with E-state index < -0.39 is 17.8 Å². The molecule has 1 aliphatic heterocycles. The highest BCUT2D eigenvalue weighted by molar-refractivity contribution is 5.22. The Morgan fingerprint density at radius 2 is 1.48 bits per heavy atom. The van der Waals surface area contributed by atoms with E-state index in [1.165, 1.54) is 37.8 Å². The van der Waals surface area contributed by atoms with Gasteiger partial charge in [-0.25, -0.2) is 4.39 Å². The van der Waals surface area contributed by atoms with Crippen LogP contribution in [0, 0.1) is 29.5 Å². The van der Waals surface area contributed by atoms with Gasteiger partial charge in [-0.3, -0.25) is 0 Å². The number of hydrogen-bond acceptors (Lipinski definition) is 2. The van der Waals surface area contributed by atoms with Gasteiger partial charge in [-0.2, -0.15) is 8.78 Å². The van der Waals surface area contributed by atoms with E-state index in [2.05, 4.69) is 0 Å². The standard InChI is InChI=1S/C22H29F3O2/c23-19-9-11-20(12-10-19)27-22(24,25)18-7-4-16(5-8-18)21-13-6-17(14-26-21)15-2-1-3-15/h9-12,15-18,21H,1-8,13-14H2. The molecule has 1 aromatic rings. The predicted octanol–water partition coefficient (Wildman–Crippen LogP) is 6.20. The number of halogens is 3. The Balaban J connectivity index is 1.25. The molecule has 4 rings (SSSR count). The highest BCUT2D eigenvalue weighted by atomic mass is 19.3. The lowest BCUT2D eigenvalue weighted by Gasteiger charge is -2.42. The Labute approximate surface area is 159 Å². The fourth-order valence-electron chi connectivity index (χ4n) is 5.02. The second kappa shape index (κ2) is 8.02. The van der Waals surface area contributed by atoms with Crippen LogP contribution in [0.1, 0.15) is 57.8 Å². The van der Waals surface area contributed by atoms with Crippen LogP contribution in [0.4, 0.5) is 13.2 Å². The van der Waals surface area contributed by atoms with Gasteiger partial charge in [0.1, 0.15) is 11.6 Å². The number of ether oxygens (including phenoxy) is 2. The van der Waals surface area contributed by atoms with Crippen molar-refractivity contribution in [3.8, 4) is 5.75 Å². The molecule has 5 heteroatoms. The van der Waals surface area contributed by atoms with E-state index in [0.717, 1.165) is 49.8 Å². The molecule has 27 heavy (non-hydrogen) atoms. The quantitative estimate of drug-likeness (QED) is 0.604. The summed E-state index contributed by atoms with van der Waals surface area (Å²) in [5, 5.41) is 0. The Bertz CT molecular complexity index is 598. The second-order valence-corrected chi connectivity index (χ2v) is 8.63. The van der Waals surface area contributed by atoms with E-state index in [1.807, 2.05) is 0 Å². The summed E-state index contributed by atoms with van der Waals surface area (Å²) in [7, 11) is 0. The lowest BCUT2D eigenvalue weighted by atomic mass is 9.71. The third-order valence-electron chi connectivity index (χ3n) is 7.00. The van der Waals surface area contributed by atoms with Crippen molar-refractivity contribution >= 4 is 0 Å². The molecule has 1 saturated heterocycles. The summed E-state index contributed by atoms with van der Waals surface area (Å²) in [6.45, 7) is 0.860. The van der Waals surface area contributed by atoms with Gasteiger partial charge in [-0.1, -0.05) is 19.3 Å². The van der Waals surface area contributed by atoms with E-state index in [1.54, 1.807) is 0 Å². The zero-order chi connectivity index (χ0) is 18.9. The normalized spacial score (nSPS) is 32.7. The molecule has 2 nitrogen and oxygen atoms in total. The molecule has 1 aromatic carbocycles. The zero-order valence-electron chi connectivity index (χ0n) is 15.7. The summed E-state index contributed by atoms with van der Waals surface area (Å²) in [5.74, 6) is 0.749. The van der Waals surface area contributed by atoms with Crippen molar-refractivity contribution < 1.29 is 22.6 Å². The first-order chi connectivity index (χ1) is 13.0. The Hall–Kier alpha value is -1.23. The van der Waals surface area contributed by atoms with Crippen LogP contribution in [0.5, 0.6) is 5.75 Å². The third kappa shape index (κ3) is 4.44. The molecule has 2 atom stereocenters. The Morgan fingerprint density at radius 1 is 0.815 bits per heavy atom. The van der Waals surface area contributed by atoms with Gasteiger partial charge in [0.2, 0.25) is 0 Å². The first-order valence-corrected chi connectivity index (χ1v) is 10.5. The summed E-state index contributed by atoms with van der Waals surface area (Å²) in [6, 6.07) is 4.78.